The quantitative estimate of drug-likeness (QED) is 0.676. The summed E-state index contributed by atoms with van der Waals surface area (Å²) in [4.78, 5) is 0.813. The van der Waals surface area contributed by atoms with Crippen molar-refractivity contribution in [3.05, 3.63) is 47.2 Å². The van der Waals surface area contributed by atoms with Gasteiger partial charge in [-0.05, 0) is 11.6 Å². The first-order chi connectivity index (χ1) is 7.92. The van der Waals surface area contributed by atoms with E-state index in [2.05, 4.69) is 27.4 Å². The van der Waals surface area contributed by atoms with Crippen LogP contribution in [0.1, 0.15) is 10.6 Å². The fourth-order valence-corrected chi connectivity index (χ4v) is 2.10. The fourth-order valence-electron chi connectivity index (χ4n) is 1.37. The van der Waals surface area contributed by atoms with Crippen LogP contribution in [0.25, 0.3) is 17.1 Å². The zero-order valence-corrected chi connectivity index (χ0v) is 9.13. The molecule has 3 aromatic rings. The van der Waals surface area contributed by atoms with Crippen molar-refractivity contribution in [3.63, 3.8) is 0 Å². The first-order valence-electron chi connectivity index (χ1n) is 4.82. The number of benzene rings is 1. The molecule has 5 heteroatoms. The molecule has 0 aliphatic carbocycles. The highest BCUT2D eigenvalue weighted by Crippen LogP contribution is 2.14. The average molecular weight is 228 g/mol. The zero-order valence-electron chi connectivity index (χ0n) is 8.32. The topological polar surface area (TPSA) is 43.1 Å². The van der Waals surface area contributed by atoms with Crippen LogP contribution in [-0.2, 0) is 0 Å². The third-order valence-corrected chi connectivity index (χ3v) is 3.00. The third kappa shape index (κ3) is 1.72. The second kappa shape index (κ2) is 3.86. The largest absolute Gasteiger partial charge is 0.234 e. The summed E-state index contributed by atoms with van der Waals surface area (Å²) < 4.78 is 1.68. The van der Waals surface area contributed by atoms with Crippen LogP contribution in [-0.4, -0.2) is 19.8 Å². The summed E-state index contributed by atoms with van der Waals surface area (Å²) >= 11 is 1.51. The van der Waals surface area contributed by atoms with Crippen molar-refractivity contribution in [3.8, 4) is 0 Å². The van der Waals surface area contributed by atoms with Gasteiger partial charge in [-0.2, -0.15) is 9.61 Å². The summed E-state index contributed by atoms with van der Waals surface area (Å²) in [6.07, 6.45) is 5.62. The summed E-state index contributed by atoms with van der Waals surface area (Å²) in [5.41, 5.74) is 1.16. The molecule has 3 rings (SSSR count). The van der Waals surface area contributed by atoms with E-state index < -0.39 is 0 Å². The first-order valence-corrected chi connectivity index (χ1v) is 5.63. The Morgan fingerprint density at radius 1 is 1.12 bits per heavy atom. The standard InChI is InChI=1S/C11H8N4S/c1-2-4-9(5-3-1)6-7-10-14-15-8-12-13-11(15)16-10/h1-8H/b7-6+. The SMILES string of the molecule is C(=C\c1nn2cnnc2s1)/c1ccccc1. The van der Waals surface area contributed by atoms with Crippen LogP contribution in [0.5, 0.6) is 0 Å². The number of hydrogen-bond donors (Lipinski definition) is 0. The number of nitrogens with zero attached hydrogens (tertiary/aromatic N) is 4. The Labute approximate surface area is 95.9 Å². The van der Waals surface area contributed by atoms with Gasteiger partial charge in [0, 0.05) is 0 Å². The van der Waals surface area contributed by atoms with Gasteiger partial charge in [0.15, 0.2) is 0 Å². The van der Waals surface area contributed by atoms with Crippen molar-refractivity contribution in [1.82, 2.24) is 19.8 Å². The van der Waals surface area contributed by atoms with Gasteiger partial charge >= 0.3 is 0 Å². The van der Waals surface area contributed by atoms with Crippen LogP contribution >= 0.6 is 11.3 Å². The second-order valence-corrected chi connectivity index (χ2v) is 4.23. The van der Waals surface area contributed by atoms with E-state index in [0.29, 0.717) is 0 Å². The Morgan fingerprint density at radius 2 is 2.00 bits per heavy atom. The summed E-state index contributed by atoms with van der Waals surface area (Å²) in [5, 5.41) is 12.9. The molecule has 1 aromatic carbocycles. The predicted molar refractivity (Wildman–Crippen MR) is 64.0 cm³/mol. The molecule has 0 saturated carbocycles. The van der Waals surface area contributed by atoms with Crippen molar-refractivity contribution in [2.45, 2.75) is 0 Å². The molecule has 0 amide bonds. The van der Waals surface area contributed by atoms with Crippen molar-refractivity contribution in [1.29, 1.82) is 0 Å². The number of fused-ring (bicyclic) bond motifs is 1. The van der Waals surface area contributed by atoms with Crippen molar-refractivity contribution < 1.29 is 0 Å². The Hall–Kier alpha value is -2.01. The fraction of sp³-hybridized carbons (Fsp3) is 0. The minimum Gasteiger partial charge on any atom is -0.190 e. The summed E-state index contributed by atoms with van der Waals surface area (Å²) in [7, 11) is 0. The summed E-state index contributed by atoms with van der Waals surface area (Å²) in [6, 6.07) is 10.1. The lowest BCUT2D eigenvalue weighted by atomic mass is 10.2. The third-order valence-electron chi connectivity index (χ3n) is 2.12. The minimum absolute atomic E-state index is 0.813. The van der Waals surface area contributed by atoms with Gasteiger partial charge in [-0.25, -0.2) is 0 Å². The predicted octanol–water partition coefficient (Wildman–Crippen LogP) is 2.36. The maximum absolute atomic E-state index is 4.31. The molecule has 4 nitrogen and oxygen atoms in total. The van der Waals surface area contributed by atoms with E-state index in [0.717, 1.165) is 15.5 Å². The molecule has 0 bridgehead atoms. The zero-order chi connectivity index (χ0) is 10.8. The first kappa shape index (κ1) is 9.23. The Kier molecular flexibility index (Phi) is 2.23. The monoisotopic (exact) mass is 228 g/mol. The van der Waals surface area contributed by atoms with Crippen LogP contribution in [0, 0.1) is 0 Å². The highest BCUT2D eigenvalue weighted by molar-refractivity contribution is 7.17. The molecule has 2 heterocycles. The van der Waals surface area contributed by atoms with Crippen LogP contribution in [0.3, 0.4) is 0 Å². The molecule has 0 radical (unpaired) electrons. The maximum Gasteiger partial charge on any atom is 0.234 e. The molecule has 0 spiro atoms. The van der Waals surface area contributed by atoms with Gasteiger partial charge in [-0.15, -0.1) is 10.2 Å². The van der Waals surface area contributed by atoms with Crippen molar-refractivity contribution in [2.24, 2.45) is 0 Å². The molecular formula is C11H8N4S. The van der Waals surface area contributed by atoms with Gasteiger partial charge in [-0.3, -0.25) is 0 Å². The molecule has 0 N–H and O–H groups in total. The highest BCUT2D eigenvalue weighted by Gasteiger charge is 2.01. The normalized spacial score (nSPS) is 11.5. The summed E-state index contributed by atoms with van der Waals surface area (Å²) in [6.45, 7) is 0. The molecule has 0 saturated heterocycles. The highest BCUT2D eigenvalue weighted by atomic mass is 32.1. The number of rotatable bonds is 2. The van der Waals surface area contributed by atoms with E-state index in [4.69, 9.17) is 0 Å². The average Bonchev–Trinajstić information content (AvgIpc) is 2.88. The van der Waals surface area contributed by atoms with Gasteiger partial charge in [0.2, 0.25) is 4.96 Å². The van der Waals surface area contributed by atoms with Crippen LogP contribution in [0.2, 0.25) is 0 Å². The van der Waals surface area contributed by atoms with Gasteiger partial charge in [0.1, 0.15) is 11.3 Å². The Balaban J connectivity index is 1.90. The van der Waals surface area contributed by atoms with Gasteiger partial charge in [0.25, 0.3) is 0 Å². The van der Waals surface area contributed by atoms with E-state index in [1.807, 2.05) is 30.4 Å². The van der Waals surface area contributed by atoms with E-state index in [9.17, 15) is 0 Å². The lowest BCUT2D eigenvalue weighted by Crippen LogP contribution is -1.79. The second-order valence-electron chi connectivity index (χ2n) is 3.24. The molecule has 0 aliphatic rings. The maximum atomic E-state index is 4.31. The lowest BCUT2D eigenvalue weighted by molar-refractivity contribution is 0.949. The van der Waals surface area contributed by atoms with Crippen LogP contribution in [0.4, 0.5) is 0 Å². The molecule has 0 unspecified atom stereocenters. The van der Waals surface area contributed by atoms with E-state index >= 15 is 0 Å². The molecule has 16 heavy (non-hydrogen) atoms. The minimum atomic E-state index is 0.813. The lowest BCUT2D eigenvalue weighted by Gasteiger charge is -1.88. The van der Waals surface area contributed by atoms with Crippen LogP contribution < -0.4 is 0 Å². The van der Waals surface area contributed by atoms with Gasteiger partial charge in [-0.1, -0.05) is 47.7 Å². The van der Waals surface area contributed by atoms with E-state index in [1.165, 1.54) is 11.3 Å². The van der Waals surface area contributed by atoms with Gasteiger partial charge in [0.05, 0.1) is 0 Å². The molecule has 78 valence electrons. The van der Waals surface area contributed by atoms with E-state index in [1.54, 1.807) is 10.8 Å². The Bertz CT molecular complexity index is 595. The molecule has 2 aromatic heterocycles. The molecule has 0 aliphatic heterocycles. The number of aromatic nitrogens is 4. The smallest absolute Gasteiger partial charge is 0.190 e. The van der Waals surface area contributed by atoms with Crippen molar-refractivity contribution >= 4 is 28.4 Å². The molecule has 0 fully saturated rings. The van der Waals surface area contributed by atoms with Crippen LogP contribution in [0.15, 0.2) is 36.7 Å². The molecule has 0 atom stereocenters. The molecular weight excluding hydrogens is 220 g/mol. The Morgan fingerprint density at radius 3 is 2.81 bits per heavy atom. The van der Waals surface area contributed by atoms with Crippen molar-refractivity contribution in [2.75, 3.05) is 0 Å². The van der Waals surface area contributed by atoms with Gasteiger partial charge < -0.3 is 0 Å². The van der Waals surface area contributed by atoms with E-state index in [-0.39, 0.29) is 0 Å². The summed E-state index contributed by atoms with van der Waals surface area (Å²) in [5.74, 6) is 0. The number of hydrogen-bond acceptors (Lipinski definition) is 4.